The lowest BCUT2D eigenvalue weighted by Crippen LogP contribution is -2.44. The predicted octanol–water partition coefficient (Wildman–Crippen LogP) is 2.75. The Kier molecular flexibility index (Phi) is 6.55. The van der Waals surface area contributed by atoms with Crippen molar-refractivity contribution < 1.29 is 0 Å². The van der Waals surface area contributed by atoms with Crippen molar-refractivity contribution in [1.29, 1.82) is 5.26 Å². The summed E-state index contributed by atoms with van der Waals surface area (Å²) in [5.41, 5.74) is 0.491. The van der Waals surface area contributed by atoms with Crippen LogP contribution in [0.25, 0.3) is 0 Å². The minimum absolute atomic E-state index is 0.571. The Morgan fingerprint density at radius 3 is 2.26 bits per heavy atom. The normalized spacial score (nSPS) is 14.1. The van der Waals surface area contributed by atoms with Crippen LogP contribution in [0.1, 0.15) is 32.8 Å². The molecule has 0 aromatic heterocycles. The maximum atomic E-state index is 9.69. The molecule has 0 radical (unpaired) electrons. The molecule has 0 spiro atoms. The largest absolute Gasteiger partial charge is 0.304 e. The van der Waals surface area contributed by atoms with Crippen molar-refractivity contribution >= 4 is 0 Å². The molecule has 1 aromatic rings. The third kappa shape index (κ3) is 4.05. The van der Waals surface area contributed by atoms with Gasteiger partial charge in [0.05, 0.1) is 6.07 Å². The van der Waals surface area contributed by atoms with Crippen LogP contribution in [-0.2, 0) is 5.54 Å². The second kappa shape index (κ2) is 7.93. The first-order valence-electron chi connectivity index (χ1n) is 7.16. The summed E-state index contributed by atoms with van der Waals surface area (Å²) in [6.45, 7) is 10.1. The maximum Gasteiger partial charge on any atom is 0.133 e. The molecule has 0 amide bonds. The molecule has 1 atom stereocenters. The van der Waals surface area contributed by atoms with Gasteiger partial charge in [-0.1, -0.05) is 51.1 Å². The summed E-state index contributed by atoms with van der Waals surface area (Å²) in [6.07, 6.45) is 0.809. The highest BCUT2D eigenvalue weighted by Gasteiger charge is 2.31. The van der Waals surface area contributed by atoms with E-state index >= 15 is 0 Å². The molecule has 1 unspecified atom stereocenters. The summed E-state index contributed by atoms with van der Waals surface area (Å²) in [7, 11) is 0. The fourth-order valence-corrected chi connectivity index (χ4v) is 2.38. The summed E-state index contributed by atoms with van der Waals surface area (Å²) in [5.74, 6) is 0. The van der Waals surface area contributed by atoms with Gasteiger partial charge >= 0.3 is 0 Å². The van der Waals surface area contributed by atoms with Crippen LogP contribution in [0.4, 0.5) is 0 Å². The lowest BCUT2D eigenvalue weighted by atomic mass is 9.87. The zero-order valence-corrected chi connectivity index (χ0v) is 12.3. The molecule has 0 saturated heterocycles. The number of benzene rings is 1. The lowest BCUT2D eigenvalue weighted by molar-refractivity contribution is 0.261. The first-order chi connectivity index (χ1) is 9.22. The second-order valence-electron chi connectivity index (χ2n) is 4.69. The Labute approximate surface area is 117 Å². The first kappa shape index (κ1) is 15.7. The van der Waals surface area contributed by atoms with Gasteiger partial charge < -0.3 is 4.90 Å². The highest BCUT2D eigenvalue weighted by Crippen LogP contribution is 2.24. The van der Waals surface area contributed by atoms with E-state index in [1.165, 1.54) is 0 Å². The fraction of sp³-hybridized carbons (Fsp3) is 0.562. The zero-order valence-electron chi connectivity index (χ0n) is 12.3. The minimum atomic E-state index is -0.571. The summed E-state index contributed by atoms with van der Waals surface area (Å²) in [6, 6.07) is 12.6. The summed E-state index contributed by atoms with van der Waals surface area (Å²) < 4.78 is 0. The average molecular weight is 259 g/mol. The molecule has 1 N–H and O–H groups in total. The molecule has 0 aliphatic heterocycles. The molecule has 0 aliphatic rings. The van der Waals surface area contributed by atoms with Gasteiger partial charge in [-0.15, -0.1) is 0 Å². The van der Waals surface area contributed by atoms with E-state index in [2.05, 4.69) is 30.1 Å². The molecule has 3 nitrogen and oxygen atoms in total. The minimum Gasteiger partial charge on any atom is -0.304 e. The van der Waals surface area contributed by atoms with Crippen LogP contribution in [0.2, 0.25) is 0 Å². The smallest absolute Gasteiger partial charge is 0.133 e. The highest BCUT2D eigenvalue weighted by molar-refractivity contribution is 5.31. The molecule has 0 bridgehead atoms. The van der Waals surface area contributed by atoms with E-state index in [0.29, 0.717) is 0 Å². The zero-order chi connectivity index (χ0) is 14.1. The van der Waals surface area contributed by atoms with Gasteiger partial charge in [-0.3, -0.25) is 5.32 Å². The lowest BCUT2D eigenvalue weighted by Gasteiger charge is -2.30. The standard InChI is InChI=1S/C16H25N3/c1-4-18-16(14-17,12-13-19(5-2)6-3)15-10-8-7-9-11-15/h7-11,18H,4-6,12-13H2,1-3H3. The SMILES string of the molecule is CCNC(C#N)(CCN(CC)CC)c1ccccc1. The topological polar surface area (TPSA) is 39.1 Å². The van der Waals surface area contributed by atoms with Crippen LogP contribution in [0.3, 0.4) is 0 Å². The van der Waals surface area contributed by atoms with Crippen molar-refractivity contribution in [2.45, 2.75) is 32.7 Å². The van der Waals surface area contributed by atoms with Gasteiger partial charge in [0, 0.05) is 6.54 Å². The van der Waals surface area contributed by atoms with Gasteiger partial charge in [0.25, 0.3) is 0 Å². The van der Waals surface area contributed by atoms with Gasteiger partial charge in [-0.05, 0) is 31.6 Å². The van der Waals surface area contributed by atoms with Crippen molar-refractivity contribution in [3.05, 3.63) is 35.9 Å². The predicted molar refractivity (Wildman–Crippen MR) is 79.8 cm³/mol. The van der Waals surface area contributed by atoms with Crippen molar-refractivity contribution in [3.63, 3.8) is 0 Å². The Morgan fingerprint density at radius 2 is 1.79 bits per heavy atom. The van der Waals surface area contributed by atoms with Gasteiger partial charge in [-0.25, -0.2) is 0 Å². The van der Waals surface area contributed by atoms with E-state index in [9.17, 15) is 5.26 Å². The highest BCUT2D eigenvalue weighted by atomic mass is 15.1. The molecule has 0 aliphatic carbocycles. The molecule has 1 rings (SSSR count). The number of rotatable bonds is 8. The third-order valence-corrected chi connectivity index (χ3v) is 3.63. The maximum absolute atomic E-state index is 9.69. The number of nitrogens with zero attached hydrogens (tertiary/aromatic N) is 2. The molecule has 0 heterocycles. The monoisotopic (exact) mass is 259 g/mol. The number of hydrogen-bond acceptors (Lipinski definition) is 3. The Balaban J connectivity index is 2.91. The van der Waals surface area contributed by atoms with Gasteiger partial charge in [-0.2, -0.15) is 5.26 Å². The van der Waals surface area contributed by atoms with Gasteiger partial charge in [0.15, 0.2) is 0 Å². The van der Waals surface area contributed by atoms with Crippen LogP contribution < -0.4 is 5.32 Å². The summed E-state index contributed by atoms with van der Waals surface area (Å²) in [4.78, 5) is 2.35. The van der Waals surface area contributed by atoms with Crippen molar-refractivity contribution in [2.75, 3.05) is 26.2 Å². The third-order valence-electron chi connectivity index (χ3n) is 3.63. The fourth-order valence-electron chi connectivity index (χ4n) is 2.38. The first-order valence-corrected chi connectivity index (χ1v) is 7.16. The van der Waals surface area contributed by atoms with Crippen molar-refractivity contribution in [2.24, 2.45) is 0 Å². The molecule has 0 saturated carbocycles. The van der Waals surface area contributed by atoms with E-state index in [0.717, 1.165) is 38.2 Å². The van der Waals surface area contributed by atoms with Crippen LogP contribution in [0.5, 0.6) is 0 Å². The molecule has 104 valence electrons. The van der Waals surface area contributed by atoms with E-state index < -0.39 is 5.54 Å². The van der Waals surface area contributed by atoms with E-state index in [4.69, 9.17) is 0 Å². The van der Waals surface area contributed by atoms with E-state index in [1.54, 1.807) is 0 Å². The number of nitriles is 1. The van der Waals surface area contributed by atoms with E-state index in [1.807, 2.05) is 37.3 Å². The Hall–Kier alpha value is -1.37. The molecule has 0 fully saturated rings. The average Bonchev–Trinajstić information content (AvgIpc) is 2.48. The number of nitrogens with one attached hydrogen (secondary N) is 1. The van der Waals surface area contributed by atoms with Gasteiger partial charge in [0.2, 0.25) is 0 Å². The molecular formula is C16H25N3. The van der Waals surface area contributed by atoms with Crippen molar-refractivity contribution in [3.8, 4) is 6.07 Å². The Bertz CT molecular complexity index is 392. The van der Waals surface area contributed by atoms with Crippen LogP contribution in [-0.4, -0.2) is 31.1 Å². The Morgan fingerprint density at radius 1 is 1.16 bits per heavy atom. The molecule has 3 heteroatoms. The van der Waals surface area contributed by atoms with Crippen LogP contribution in [0, 0.1) is 11.3 Å². The van der Waals surface area contributed by atoms with Gasteiger partial charge in [0.1, 0.15) is 5.54 Å². The van der Waals surface area contributed by atoms with Crippen LogP contribution in [0.15, 0.2) is 30.3 Å². The number of hydrogen-bond donors (Lipinski definition) is 1. The molecular weight excluding hydrogens is 234 g/mol. The van der Waals surface area contributed by atoms with E-state index in [-0.39, 0.29) is 0 Å². The van der Waals surface area contributed by atoms with Crippen LogP contribution >= 0.6 is 0 Å². The molecule has 19 heavy (non-hydrogen) atoms. The molecule has 1 aromatic carbocycles. The summed E-state index contributed by atoms with van der Waals surface area (Å²) >= 11 is 0. The summed E-state index contributed by atoms with van der Waals surface area (Å²) in [5, 5.41) is 13.1. The van der Waals surface area contributed by atoms with Crippen molar-refractivity contribution in [1.82, 2.24) is 10.2 Å². The quantitative estimate of drug-likeness (QED) is 0.780. The second-order valence-corrected chi connectivity index (χ2v) is 4.69.